The fraction of sp³-hybridized carbons (Fsp3) is 0.889. The molecule has 0 aromatic carbocycles. The van der Waals surface area contributed by atoms with Gasteiger partial charge >= 0.3 is 5.97 Å². The minimum atomic E-state index is -4.53. The monoisotopic (exact) mass is 270 g/mol. The van der Waals surface area contributed by atoms with E-state index in [0.717, 1.165) is 18.4 Å². The summed E-state index contributed by atoms with van der Waals surface area (Å²) in [6, 6.07) is 0. The highest BCUT2D eigenvalue weighted by atomic mass is 32.2. The Hall–Kier alpha value is -0.700. The minimum absolute atomic E-state index is 0.0534. The number of carbonyl (C=O) groups excluding carboxylic acids is 1. The molecule has 1 unspecified atom stereocenters. The summed E-state index contributed by atoms with van der Waals surface area (Å²) < 4.78 is 35.6. The van der Waals surface area contributed by atoms with E-state index >= 15 is 0 Å². The van der Waals surface area contributed by atoms with Gasteiger partial charge in [0.25, 0.3) is 10.1 Å². The summed E-state index contributed by atoms with van der Waals surface area (Å²) in [5.74, 6) is -0.993. The molecule has 0 saturated carbocycles. The number of likely N-dealkylation sites (N-methyl/N-ethyl adjacent to an activating group) is 1. The van der Waals surface area contributed by atoms with Crippen LogP contribution in [0, 0.1) is 0 Å². The number of rotatable bonds is 4. The number of hydrogen-bond donors (Lipinski definition) is 2. The SMILES string of the molecule is CCN.CCOC(=O)C(C)(N(C)C)S(=O)(=O)O. The average molecular weight is 270 g/mol. The molecule has 0 fully saturated rings. The van der Waals surface area contributed by atoms with Crippen molar-refractivity contribution in [1.29, 1.82) is 0 Å². The third-order valence-corrected chi connectivity index (χ3v) is 3.55. The Labute approximate surface area is 103 Å². The van der Waals surface area contributed by atoms with Crippen LogP contribution in [-0.4, -0.2) is 56.0 Å². The van der Waals surface area contributed by atoms with Gasteiger partial charge in [0.2, 0.25) is 4.87 Å². The number of ether oxygens (including phenoxy) is 1. The van der Waals surface area contributed by atoms with Crippen LogP contribution < -0.4 is 5.73 Å². The molecule has 0 saturated heterocycles. The zero-order valence-electron chi connectivity index (χ0n) is 10.9. The van der Waals surface area contributed by atoms with E-state index in [1.807, 2.05) is 6.92 Å². The molecule has 0 aliphatic rings. The van der Waals surface area contributed by atoms with Crippen LogP contribution in [-0.2, 0) is 19.6 Å². The highest BCUT2D eigenvalue weighted by molar-refractivity contribution is 7.88. The predicted octanol–water partition coefficient (Wildman–Crippen LogP) is -0.320. The number of nitrogens with zero attached hydrogens (tertiary/aromatic N) is 1. The fourth-order valence-electron chi connectivity index (χ4n) is 0.784. The summed E-state index contributed by atoms with van der Waals surface area (Å²) in [4.78, 5) is 10.4. The van der Waals surface area contributed by atoms with Crippen molar-refractivity contribution in [3.05, 3.63) is 0 Å². The van der Waals surface area contributed by atoms with Gasteiger partial charge in [-0.05, 0) is 34.5 Å². The van der Waals surface area contributed by atoms with Gasteiger partial charge in [0.1, 0.15) is 0 Å². The van der Waals surface area contributed by atoms with Crippen LogP contribution in [0.25, 0.3) is 0 Å². The van der Waals surface area contributed by atoms with Crippen LogP contribution in [0.15, 0.2) is 0 Å². The van der Waals surface area contributed by atoms with E-state index in [2.05, 4.69) is 4.74 Å². The van der Waals surface area contributed by atoms with E-state index in [1.165, 1.54) is 14.1 Å². The molecule has 0 aromatic rings. The van der Waals surface area contributed by atoms with Gasteiger partial charge in [-0.1, -0.05) is 6.92 Å². The van der Waals surface area contributed by atoms with Crippen molar-refractivity contribution >= 4 is 16.1 Å². The first-order valence-electron chi connectivity index (χ1n) is 5.11. The van der Waals surface area contributed by atoms with E-state index in [4.69, 9.17) is 10.3 Å². The van der Waals surface area contributed by atoms with Crippen molar-refractivity contribution in [2.75, 3.05) is 27.2 Å². The van der Waals surface area contributed by atoms with Gasteiger partial charge < -0.3 is 10.5 Å². The molecule has 0 heterocycles. The van der Waals surface area contributed by atoms with Crippen LogP contribution in [0.4, 0.5) is 0 Å². The summed E-state index contributed by atoms with van der Waals surface area (Å²) in [6.45, 7) is 5.34. The molecule has 17 heavy (non-hydrogen) atoms. The molecule has 0 spiro atoms. The fourth-order valence-corrected chi connectivity index (χ4v) is 1.51. The molecule has 0 aliphatic carbocycles. The van der Waals surface area contributed by atoms with Crippen molar-refractivity contribution in [3.8, 4) is 0 Å². The summed E-state index contributed by atoms with van der Waals surface area (Å²) >= 11 is 0. The van der Waals surface area contributed by atoms with Crippen LogP contribution in [0.5, 0.6) is 0 Å². The summed E-state index contributed by atoms with van der Waals surface area (Å²) in [5, 5.41) is 0. The van der Waals surface area contributed by atoms with Crippen molar-refractivity contribution in [1.82, 2.24) is 4.90 Å². The summed E-state index contributed by atoms with van der Waals surface area (Å²) in [5.41, 5.74) is 4.85. The van der Waals surface area contributed by atoms with Gasteiger partial charge in [-0.25, -0.2) is 4.79 Å². The Balaban J connectivity index is 0. The molecule has 7 nitrogen and oxygen atoms in total. The molecule has 0 aliphatic heterocycles. The van der Waals surface area contributed by atoms with Crippen molar-refractivity contribution < 1.29 is 22.5 Å². The predicted molar refractivity (Wildman–Crippen MR) is 65.0 cm³/mol. The smallest absolute Gasteiger partial charge is 0.344 e. The molecular formula is C9H22N2O5S. The molecular weight excluding hydrogens is 248 g/mol. The molecule has 0 radical (unpaired) electrons. The number of nitrogens with two attached hydrogens (primary N) is 1. The number of esters is 1. The average Bonchev–Trinajstić information content (AvgIpc) is 2.15. The maximum Gasteiger partial charge on any atom is 0.344 e. The van der Waals surface area contributed by atoms with Gasteiger partial charge in [-0.3, -0.25) is 9.45 Å². The zero-order valence-corrected chi connectivity index (χ0v) is 11.7. The first-order valence-corrected chi connectivity index (χ1v) is 6.55. The van der Waals surface area contributed by atoms with Crippen molar-refractivity contribution in [3.63, 3.8) is 0 Å². The highest BCUT2D eigenvalue weighted by Crippen LogP contribution is 2.20. The molecule has 104 valence electrons. The quantitative estimate of drug-likeness (QED) is 0.532. The second kappa shape index (κ2) is 7.59. The molecule has 8 heteroatoms. The van der Waals surface area contributed by atoms with E-state index in [0.29, 0.717) is 0 Å². The van der Waals surface area contributed by atoms with E-state index in [1.54, 1.807) is 6.92 Å². The van der Waals surface area contributed by atoms with Crippen LogP contribution >= 0.6 is 0 Å². The number of carbonyl (C=O) groups is 1. The van der Waals surface area contributed by atoms with Gasteiger partial charge in [-0.2, -0.15) is 8.42 Å². The molecule has 0 bridgehead atoms. The molecule has 1 atom stereocenters. The number of hydrogen-bond acceptors (Lipinski definition) is 6. The minimum Gasteiger partial charge on any atom is -0.464 e. The van der Waals surface area contributed by atoms with Crippen LogP contribution in [0.1, 0.15) is 20.8 Å². The second-order valence-corrected chi connectivity index (χ2v) is 5.23. The highest BCUT2D eigenvalue weighted by Gasteiger charge is 2.49. The lowest BCUT2D eigenvalue weighted by molar-refractivity contribution is -0.150. The van der Waals surface area contributed by atoms with Gasteiger partial charge in [0.05, 0.1) is 6.61 Å². The lowest BCUT2D eigenvalue weighted by Gasteiger charge is -2.30. The Kier molecular flexibility index (Phi) is 8.33. The summed E-state index contributed by atoms with van der Waals surface area (Å²) in [6.07, 6.45) is 0. The Morgan fingerprint density at radius 1 is 1.41 bits per heavy atom. The van der Waals surface area contributed by atoms with E-state index in [9.17, 15) is 13.2 Å². The van der Waals surface area contributed by atoms with Crippen molar-refractivity contribution in [2.24, 2.45) is 5.73 Å². The lowest BCUT2D eigenvalue weighted by Crippen LogP contribution is -2.55. The maximum atomic E-state index is 11.4. The normalized spacial score (nSPS) is 14.6. The molecule has 0 amide bonds. The lowest BCUT2D eigenvalue weighted by atomic mass is 10.3. The molecule has 0 rings (SSSR count). The van der Waals surface area contributed by atoms with E-state index in [-0.39, 0.29) is 6.61 Å². The Morgan fingerprint density at radius 3 is 1.94 bits per heavy atom. The van der Waals surface area contributed by atoms with Crippen LogP contribution in [0.2, 0.25) is 0 Å². The topological polar surface area (TPSA) is 110 Å². The Bertz CT molecular complexity index is 328. The first kappa shape index (κ1) is 18.7. The summed E-state index contributed by atoms with van der Waals surface area (Å²) in [7, 11) is -1.80. The maximum absolute atomic E-state index is 11.4. The van der Waals surface area contributed by atoms with Crippen molar-refractivity contribution in [2.45, 2.75) is 25.6 Å². The third-order valence-electron chi connectivity index (χ3n) is 2.01. The Morgan fingerprint density at radius 2 is 1.76 bits per heavy atom. The van der Waals surface area contributed by atoms with E-state index < -0.39 is 21.0 Å². The van der Waals surface area contributed by atoms with Gasteiger partial charge in [0.15, 0.2) is 0 Å². The zero-order chi connectivity index (χ0) is 14.3. The van der Waals surface area contributed by atoms with Gasteiger partial charge in [0, 0.05) is 0 Å². The third kappa shape index (κ3) is 4.99. The largest absolute Gasteiger partial charge is 0.464 e. The van der Waals surface area contributed by atoms with Gasteiger partial charge in [-0.15, -0.1) is 0 Å². The first-order chi connectivity index (χ1) is 7.59. The molecule has 3 N–H and O–H groups in total. The standard InChI is InChI=1S/C7H15NO5S.C2H7N/c1-5-13-6(9)7(2,8(3)4)14(10,11)12;1-2-3/h5H2,1-4H3,(H,10,11,12);2-3H2,1H3. The second-order valence-electron chi connectivity index (χ2n) is 3.48. The van der Waals surface area contributed by atoms with Crippen LogP contribution in [0.3, 0.4) is 0 Å². The molecule has 0 aromatic heterocycles.